The molecule has 0 radical (unpaired) electrons. The van der Waals surface area contributed by atoms with Gasteiger partial charge in [0.05, 0.1) is 29.4 Å². The number of benzene rings is 2. The average Bonchev–Trinajstić information content (AvgIpc) is 3.19. The molecule has 2 aromatic carbocycles. The minimum atomic E-state index is -3.53. The van der Waals surface area contributed by atoms with Crippen molar-refractivity contribution >= 4 is 27.6 Å². The van der Waals surface area contributed by atoms with Gasteiger partial charge < -0.3 is 10.6 Å². The van der Waals surface area contributed by atoms with Crippen molar-refractivity contribution in [2.24, 2.45) is 0 Å². The molecular formula is C27H30N6O3S. The third-order valence-corrected chi connectivity index (χ3v) is 8.42. The molecule has 3 aromatic rings. The second-order valence-corrected chi connectivity index (χ2v) is 11.0. The van der Waals surface area contributed by atoms with E-state index in [1.807, 2.05) is 54.6 Å². The van der Waals surface area contributed by atoms with Crippen molar-refractivity contribution in [1.82, 2.24) is 14.6 Å². The van der Waals surface area contributed by atoms with Crippen molar-refractivity contribution in [3.05, 3.63) is 89.6 Å². The number of aromatic nitrogens is 1. The molecule has 2 heterocycles. The van der Waals surface area contributed by atoms with Crippen molar-refractivity contribution in [3.63, 3.8) is 0 Å². The Morgan fingerprint density at radius 3 is 2.35 bits per heavy atom. The fourth-order valence-electron chi connectivity index (χ4n) is 4.21. The van der Waals surface area contributed by atoms with E-state index in [0.717, 1.165) is 11.1 Å². The highest BCUT2D eigenvalue weighted by molar-refractivity contribution is 7.90. The summed E-state index contributed by atoms with van der Waals surface area (Å²) in [5.41, 5.74) is 3.07. The topological polar surface area (TPSA) is 118 Å². The molecule has 10 heteroatoms. The molecule has 1 fully saturated rings. The Labute approximate surface area is 217 Å². The molecular weight excluding hydrogens is 488 g/mol. The van der Waals surface area contributed by atoms with E-state index in [1.54, 1.807) is 19.2 Å². The second kappa shape index (κ2) is 11.5. The van der Waals surface area contributed by atoms with Gasteiger partial charge in [0.2, 0.25) is 5.91 Å². The summed E-state index contributed by atoms with van der Waals surface area (Å²) in [6.07, 6.45) is 1.46. The van der Waals surface area contributed by atoms with Crippen molar-refractivity contribution in [3.8, 4) is 6.07 Å². The number of amides is 1. The Balaban J connectivity index is 1.41. The van der Waals surface area contributed by atoms with E-state index in [-0.39, 0.29) is 11.8 Å². The van der Waals surface area contributed by atoms with Gasteiger partial charge in [-0.05, 0) is 41.3 Å². The normalized spacial score (nSPS) is 16.6. The number of carbonyl (C=O) groups excluding carboxylic acids is 1. The SMILES string of the molecule is C[C@H](CNCC(C(=O)Nc1ccc(N2CCN(C)S2(=O)=O)cn1)c1ccccc1)c1ccc(C#N)cc1. The monoisotopic (exact) mass is 518 g/mol. The van der Waals surface area contributed by atoms with Crippen LogP contribution in [-0.2, 0) is 15.0 Å². The summed E-state index contributed by atoms with van der Waals surface area (Å²) in [4.78, 5) is 17.6. The molecule has 0 spiro atoms. The Morgan fingerprint density at radius 1 is 1.03 bits per heavy atom. The number of likely N-dealkylation sites (N-methyl/N-ethyl adjacent to an activating group) is 1. The van der Waals surface area contributed by atoms with Gasteiger partial charge in [-0.2, -0.15) is 18.0 Å². The van der Waals surface area contributed by atoms with Crippen molar-refractivity contribution in [1.29, 1.82) is 5.26 Å². The molecule has 9 nitrogen and oxygen atoms in total. The van der Waals surface area contributed by atoms with Crippen molar-refractivity contribution in [2.75, 3.05) is 42.8 Å². The number of nitrogens with one attached hydrogen (secondary N) is 2. The van der Waals surface area contributed by atoms with Gasteiger partial charge in [-0.1, -0.05) is 49.4 Å². The zero-order valence-electron chi connectivity index (χ0n) is 20.8. The molecule has 1 saturated heterocycles. The summed E-state index contributed by atoms with van der Waals surface area (Å²) in [5.74, 6) is -0.116. The summed E-state index contributed by atoms with van der Waals surface area (Å²) in [6.45, 7) is 3.95. The van der Waals surface area contributed by atoms with Crippen LogP contribution in [0.1, 0.15) is 35.4 Å². The van der Waals surface area contributed by atoms with Gasteiger partial charge >= 0.3 is 10.2 Å². The molecule has 1 aliphatic rings. The van der Waals surface area contributed by atoms with Crippen LogP contribution >= 0.6 is 0 Å². The minimum absolute atomic E-state index is 0.197. The predicted molar refractivity (Wildman–Crippen MR) is 143 cm³/mol. The number of nitriles is 1. The van der Waals surface area contributed by atoms with Gasteiger partial charge in [-0.25, -0.2) is 4.98 Å². The lowest BCUT2D eigenvalue weighted by molar-refractivity contribution is -0.117. The number of anilines is 2. The van der Waals surface area contributed by atoms with Crippen molar-refractivity contribution in [2.45, 2.75) is 18.8 Å². The van der Waals surface area contributed by atoms with E-state index in [4.69, 9.17) is 5.26 Å². The van der Waals surface area contributed by atoms with Gasteiger partial charge in [-0.3, -0.25) is 9.10 Å². The molecule has 0 bridgehead atoms. The van der Waals surface area contributed by atoms with Crippen LogP contribution in [-0.4, -0.2) is 56.8 Å². The Morgan fingerprint density at radius 2 is 1.76 bits per heavy atom. The summed E-state index contributed by atoms with van der Waals surface area (Å²) >= 11 is 0. The second-order valence-electron chi connectivity index (χ2n) is 9.05. The smallest absolute Gasteiger partial charge is 0.303 e. The molecule has 192 valence electrons. The Hall–Kier alpha value is -3.78. The van der Waals surface area contributed by atoms with E-state index in [2.05, 4.69) is 28.6 Å². The first-order valence-corrected chi connectivity index (χ1v) is 13.5. The number of pyridine rings is 1. The first-order valence-electron chi connectivity index (χ1n) is 12.1. The zero-order valence-corrected chi connectivity index (χ0v) is 21.6. The molecule has 1 amide bonds. The van der Waals surface area contributed by atoms with Crippen molar-refractivity contribution < 1.29 is 13.2 Å². The molecule has 4 rings (SSSR count). The maximum absolute atomic E-state index is 13.3. The van der Waals surface area contributed by atoms with Gasteiger partial charge in [-0.15, -0.1) is 0 Å². The third-order valence-electron chi connectivity index (χ3n) is 6.50. The fraction of sp³-hybridized carbons (Fsp3) is 0.296. The Bertz CT molecular complexity index is 1360. The minimum Gasteiger partial charge on any atom is -0.315 e. The zero-order chi connectivity index (χ0) is 26.4. The molecule has 0 saturated carbocycles. The Kier molecular flexibility index (Phi) is 8.18. The summed E-state index contributed by atoms with van der Waals surface area (Å²) in [7, 11) is -1.99. The number of hydrogen-bond acceptors (Lipinski definition) is 6. The summed E-state index contributed by atoms with van der Waals surface area (Å²) < 4.78 is 27.4. The molecule has 1 aromatic heterocycles. The molecule has 2 atom stereocenters. The van der Waals surface area contributed by atoms with Crippen LogP contribution in [0.3, 0.4) is 0 Å². The molecule has 37 heavy (non-hydrogen) atoms. The van der Waals surface area contributed by atoms with Gasteiger partial charge in [0.25, 0.3) is 0 Å². The maximum atomic E-state index is 13.3. The number of carbonyl (C=O) groups is 1. The summed E-state index contributed by atoms with van der Waals surface area (Å²) in [6, 6.07) is 22.4. The van der Waals surface area contributed by atoms with Crippen LogP contribution in [0.25, 0.3) is 0 Å². The van der Waals surface area contributed by atoms with Gasteiger partial charge in [0, 0.05) is 33.2 Å². The third kappa shape index (κ3) is 6.14. The van der Waals surface area contributed by atoms with Crippen LogP contribution in [0, 0.1) is 11.3 Å². The quantitative estimate of drug-likeness (QED) is 0.450. The van der Waals surface area contributed by atoms with Crippen LogP contribution in [0.4, 0.5) is 11.5 Å². The van der Waals surface area contributed by atoms with E-state index in [9.17, 15) is 13.2 Å². The van der Waals surface area contributed by atoms with Crippen LogP contribution < -0.4 is 14.9 Å². The molecule has 1 aliphatic heterocycles. The number of nitrogens with zero attached hydrogens (tertiary/aromatic N) is 4. The van der Waals surface area contributed by atoms with E-state index >= 15 is 0 Å². The number of rotatable bonds is 9. The predicted octanol–water partition coefficient (Wildman–Crippen LogP) is 3.07. The van der Waals surface area contributed by atoms with E-state index in [1.165, 1.54) is 14.8 Å². The lowest BCUT2D eigenvalue weighted by Gasteiger charge is -2.20. The fourth-order valence-corrected chi connectivity index (χ4v) is 5.54. The highest BCUT2D eigenvalue weighted by Crippen LogP contribution is 2.25. The highest BCUT2D eigenvalue weighted by Gasteiger charge is 2.34. The highest BCUT2D eigenvalue weighted by atomic mass is 32.2. The molecule has 1 unspecified atom stereocenters. The van der Waals surface area contributed by atoms with Gasteiger partial charge in [0.15, 0.2) is 0 Å². The summed E-state index contributed by atoms with van der Waals surface area (Å²) in [5, 5.41) is 15.3. The lowest BCUT2D eigenvalue weighted by Crippen LogP contribution is -2.33. The molecule has 2 N–H and O–H groups in total. The molecule has 0 aliphatic carbocycles. The average molecular weight is 519 g/mol. The van der Waals surface area contributed by atoms with Gasteiger partial charge in [0.1, 0.15) is 5.82 Å². The van der Waals surface area contributed by atoms with E-state index < -0.39 is 16.1 Å². The van der Waals surface area contributed by atoms with E-state index in [0.29, 0.717) is 43.2 Å². The maximum Gasteiger partial charge on any atom is 0.303 e. The first-order chi connectivity index (χ1) is 17.8. The lowest BCUT2D eigenvalue weighted by atomic mass is 9.96. The first kappa shape index (κ1) is 26.3. The van der Waals surface area contributed by atoms with Crippen LogP contribution in [0.5, 0.6) is 0 Å². The standard InChI is InChI=1S/C27H30N6O3S/c1-20(22-10-8-21(16-28)9-11-22)17-29-19-25(23-6-4-3-5-7-23)27(34)31-26-13-12-24(18-30-26)33-15-14-32(2)37(33,35)36/h3-13,18,20,25,29H,14-15,17,19H2,1-2H3,(H,30,31,34)/t20-,25?/m1/s1. The van der Waals surface area contributed by atoms with Crippen LogP contribution in [0.15, 0.2) is 72.9 Å². The number of hydrogen-bond donors (Lipinski definition) is 2. The van der Waals surface area contributed by atoms with Crippen LogP contribution in [0.2, 0.25) is 0 Å². The largest absolute Gasteiger partial charge is 0.315 e.